The van der Waals surface area contributed by atoms with Crippen LogP contribution >= 0.6 is 0 Å². The number of fused-ring (bicyclic) bond motifs is 2. The molecule has 5 rings (SSSR count). The number of aromatic nitrogens is 3. The molecule has 1 aliphatic rings. The number of rotatable bonds is 6. The summed E-state index contributed by atoms with van der Waals surface area (Å²) in [5.74, 6) is -0.849. The third kappa shape index (κ3) is 3.11. The largest absolute Gasteiger partial charge is 0.494 e. The minimum Gasteiger partial charge on any atom is -0.494 e. The number of hydrogen-bond acceptors (Lipinski definition) is 5. The second kappa shape index (κ2) is 7.16. The van der Waals surface area contributed by atoms with Gasteiger partial charge in [0.25, 0.3) is 0 Å². The van der Waals surface area contributed by atoms with Crippen LogP contribution in [0.15, 0.2) is 42.6 Å². The zero-order valence-electron chi connectivity index (χ0n) is 17.2. The number of carboxylic acid groups (broad SMARTS) is 1. The van der Waals surface area contributed by atoms with Gasteiger partial charge in [-0.15, -0.1) is 0 Å². The zero-order chi connectivity index (χ0) is 21.7. The third-order valence-corrected chi connectivity index (χ3v) is 5.74. The molecule has 3 aromatic heterocycles. The summed E-state index contributed by atoms with van der Waals surface area (Å²) in [4.78, 5) is 24.4. The lowest BCUT2D eigenvalue weighted by Gasteiger charge is -2.09. The van der Waals surface area contributed by atoms with E-state index in [2.05, 4.69) is 9.67 Å². The molecule has 4 aromatic rings. The summed E-state index contributed by atoms with van der Waals surface area (Å²) in [6, 6.07) is 11.4. The summed E-state index contributed by atoms with van der Waals surface area (Å²) in [6.45, 7) is 0.806. The van der Waals surface area contributed by atoms with Crippen LogP contribution in [0.2, 0.25) is 0 Å². The SMILES string of the molecule is COC(=O)c1cc(OC)c2c(C(=O)O)c(-c3cc4ccccc4n3CC3CC3)nn2c1. The molecule has 0 bridgehead atoms. The Morgan fingerprint density at radius 3 is 2.65 bits per heavy atom. The van der Waals surface area contributed by atoms with Crippen molar-refractivity contribution < 1.29 is 24.2 Å². The maximum Gasteiger partial charge on any atom is 0.340 e. The van der Waals surface area contributed by atoms with Crippen molar-refractivity contribution in [3.05, 3.63) is 53.7 Å². The van der Waals surface area contributed by atoms with Crippen LogP contribution in [0.5, 0.6) is 5.75 Å². The predicted molar refractivity (Wildman–Crippen MR) is 114 cm³/mol. The number of nitrogens with zero attached hydrogens (tertiary/aromatic N) is 3. The van der Waals surface area contributed by atoms with E-state index < -0.39 is 11.9 Å². The van der Waals surface area contributed by atoms with Crippen molar-refractivity contribution in [2.24, 2.45) is 5.92 Å². The van der Waals surface area contributed by atoms with Gasteiger partial charge in [-0.3, -0.25) is 0 Å². The van der Waals surface area contributed by atoms with Gasteiger partial charge in [0.1, 0.15) is 22.5 Å². The normalized spacial score (nSPS) is 13.6. The number of aromatic carboxylic acids is 1. The second-order valence-electron chi connectivity index (χ2n) is 7.75. The highest BCUT2D eigenvalue weighted by Gasteiger charge is 2.29. The first-order valence-corrected chi connectivity index (χ1v) is 10.0. The van der Waals surface area contributed by atoms with Crippen LogP contribution in [0.25, 0.3) is 27.8 Å². The smallest absolute Gasteiger partial charge is 0.340 e. The Balaban J connectivity index is 1.82. The first-order chi connectivity index (χ1) is 15.0. The molecule has 31 heavy (non-hydrogen) atoms. The lowest BCUT2D eigenvalue weighted by atomic mass is 10.1. The lowest BCUT2D eigenvalue weighted by Crippen LogP contribution is -2.06. The molecule has 0 unspecified atom stereocenters. The summed E-state index contributed by atoms with van der Waals surface area (Å²) in [5, 5.41) is 15.7. The molecule has 1 aliphatic carbocycles. The first kappa shape index (κ1) is 19.2. The van der Waals surface area contributed by atoms with E-state index in [0.717, 1.165) is 23.1 Å². The van der Waals surface area contributed by atoms with Gasteiger partial charge in [0, 0.05) is 23.6 Å². The molecule has 1 saturated carbocycles. The summed E-state index contributed by atoms with van der Waals surface area (Å²) in [7, 11) is 2.71. The number of carbonyl (C=O) groups excluding carboxylic acids is 1. The fourth-order valence-electron chi connectivity index (χ4n) is 4.07. The average Bonchev–Trinajstić information content (AvgIpc) is 3.40. The van der Waals surface area contributed by atoms with Crippen LogP contribution in [0.1, 0.15) is 33.6 Å². The van der Waals surface area contributed by atoms with E-state index in [1.165, 1.54) is 43.8 Å². The molecule has 1 fully saturated rings. The van der Waals surface area contributed by atoms with E-state index in [1.807, 2.05) is 30.3 Å². The Morgan fingerprint density at radius 2 is 1.97 bits per heavy atom. The van der Waals surface area contributed by atoms with Crippen molar-refractivity contribution in [3.63, 3.8) is 0 Å². The van der Waals surface area contributed by atoms with E-state index in [-0.39, 0.29) is 16.9 Å². The molecule has 0 radical (unpaired) electrons. The van der Waals surface area contributed by atoms with Gasteiger partial charge in [-0.1, -0.05) is 18.2 Å². The number of carbonyl (C=O) groups is 2. The van der Waals surface area contributed by atoms with Crippen LogP contribution in [0.3, 0.4) is 0 Å². The van der Waals surface area contributed by atoms with Crippen LogP contribution in [0, 0.1) is 5.92 Å². The predicted octanol–water partition coefficient (Wildman–Crippen LogP) is 3.86. The van der Waals surface area contributed by atoms with E-state index in [4.69, 9.17) is 9.47 Å². The fraction of sp³-hybridized carbons (Fsp3) is 0.261. The van der Waals surface area contributed by atoms with Crippen molar-refractivity contribution in [1.82, 2.24) is 14.2 Å². The quantitative estimate of drug-likeness (QED) is 0.477. The molecule has 0 aliphatic heterocycles. The topological polar surface area (TPSA) is 95.1 Å². The van der Waals surface area contributed by atoms with Gasteiger partial charge in [-0.05, 0) is 37.0 Å². The molecular formula is C23H21N3O5. The molecule has 1 aromatic carbocycles. The van der Waals surface area contributed by atoms with Gasteiger partial charge >= 0.3 is 11.9 Å². The minimum absolute atomic E-state index is 0.0353. The lowest BCUT2D eigenvalue weighted by molar-refractivity contribution is 0.0599. The number of hydrogen-bond donors (Lipinski definition) is 1. The van der Waals surface area contributed by atoms with Gasteiger partial charge in [0.15, 0.2) is 0 Å². The van der Waals surface area contributed by atoms with E-state index >= 15 is 0 Å². The summed E-state index contributed by atoms with van der Waals surface area (Å²) in [6.07, 6.45) is 3.80. The number of para-hydroxylation sites is 1. The van der Waals surface area contributed by atoms with Gasteiger partial charge in [-0.25, -0.2) is 14.1 Å². The highest BCUT2D eigenvalue weighted by Crippen LogP contribution is 2.38. The Morgan fingerprint density at radius 1 is 1.19 bits per heavy atom. The molecule has 1 N–H and O–H groups in total. The number of pyridine rings is 1. The Labute approximate surface area is 177 Å². The molecule has 0 atom stereocenters. The molecule has 0 amide bonds. The first-order valence-electron chi connectivity index (χ1n) is 10.0. The monoisotopic (exact) mass is 419 g/mol. The summed E-state index contributed by atoms with van der Waals surface area (Å²) in [5.41, 5.74) is 2.66. The zero-order valence-corrected chi connectivity index (χ0v) is 17.2. The molecule has 8 nitrogen and oxygen atoms in total. The van der Waals surface area contributed by atoms with Gasteiger partial charge < -0.3 is 19.1 Å². The highest BCUT2D eigenvalue weighted by atomic mass is 16.5. The Hall–Kier alpha value is -3.81. The van der Waals surface area contributed by atoms with Crippen LogP contribution < -0.4 is 4.74 Å². The van der Waals surface area contributed by atoms with Crippen LogP contribution in [-0.2, 0) is 11.3 Å². The summed E-state index contributed by atoms with van der Waals surface area (Å²) < 4.78 is 13.8. The molecule has 158 valence electrons. The number of esters is 1. The van der Waals surface area contributed by atoms with Crippen molar-refractivity contribution >= 4 is 28.4 Å². The number of methoxy groups -OCH3 is 2. The van der Waals surface area contributed by atoms with Crippen molar-refractivity contribution in [3.8, 4) is 17.1 Å². The summed E-state index contributed by atoms with van der Waals surface area (Å²) >= 11 is 0. The Kier molecular flexibility index (Phi) is 4.43. The highest BCUT2D eigenvalue weighted by molar-refractivity contribution is 6.05. The van der Waals surface area contributed by atoms with Crippen LogP contribution in [0.4, 0.5) is 0 Å². The van der Waals surface area contributed by atoms with Crippen molar-refractivity contribution in [1.29, 1.82) is 0 Å². The van der Waals surface area contributed by atoms with Crippen LogP contribution in [-0.4, -0.2) is 45.4 Å². The van der Waals surface area contributed by atoms with E-state index in [0.29, 0.717) is 17.1 Å². The molecule has 8 heteroatoms. The molecule has 0 spiro atoms. The van der Waals surface area contributed by atoms with E-state index in [9.17, 15) is 14.7 Å². The number of ether oxygens (including phenoxy) is 2. The molecule has 0 saturated heterocycles. The maximum absolute atomic E-state index is 12.4. The number of carboxylic acids is 1. The van der Waals surface area contributed by atoms with E-state index in [1.54, 1.807) is 0 Å². The fourth-order valence-corrected chi connectivity index (χ4v) is 4.07. The van der Waals surface area contributed by atoms with Crippen molar-refractivity contribution in [2.45, 2.75) is 19.4 Å². The van der Waals surface area contributed by atoms with Gasteiger partial charge in [0.2, 0.25) is 0 Å². The Bertz CT molecular complexity index is 1350. The van der Waals surface area contributed by atoms with Gasteiger partial charge in [-0.2, -0.15) is 5.10 Å². The average molecular weight is 419 g/mol. The molecular weight excluding hydrogens is 398 g/mol. The second-order valence-corrected chi connectivity index (χ2v) is 7.75. The van der Waals surface area contributed by atoms with Crippen molar-refractivity contribution in [2.75, 3.05) is 14.2 Å². The molecule has 3 heterocycles. The number of benzene rings is 1. The minimum atomic E-state index is -1.11. The maximum atomic E-state index is 12.4. The third-order valence-electron chi connectivity index (χ3n) is 5.74. The standard InChI is InChI=1S/C23H21N3O5/c1-30-18-10-15(23(29)31-2)12-26-21(18)19(22(27)28)20(24-26)17-9-14-5-3-4-6-16(14)25(17)11-13-7-8-13/h3-6,9-10,12-13H,7-8,11H2,1-2H3,(H,27,28). The van der Waals surface area contributed by atoms with Gasteiger partial charge in [0.05, 0.1) is 25.5 Å².